The molecule has 88 valence electrons. The number of ether oxygens (including phenoxy) is 2. The van der Waals surface area contributed by atoms with Crippen molar-refractivity contribution in [2.24, 2.45) is 0 Å². The van der Waals surface area contributed by atoms with E-state index in [1.165, 1.54) is 0 Å². The maximum atomic E-state index is 11.8. The molecule has 16 heavy (non-hydrogen) atoms. The van der Waals surface area contributed by atoms with E-state index in [2.05, 4.69) is 5.32 Å². The molecule has 5 heteroatoms. The summed E-state index contributed by atoms with van der Waals surface area (Å²) in [6.45, 7) is 3.38. The number of carbonyl (C=O) groups is 1. The van der Waals surface area contributed by atoms with Crippen LogP contribution in [0.1, 0.15) is 17.8 Å². The molecule has 2 atom stereocenters. The summed E-state index contributed by atoms with van der Waals surface area (Å²) < 4.78 is 10.5. The van der Waals surface area contributed by atoms with Gasteiger partial charge in [-0.05, 0) is 18.4 Å². The van der Waals surface area contributed by atoms with Crippen molar-refractivity contribution in [2.75, 3.05) is 19.8 Å². The van der Waals surface area contributed by atoms with Crippen molar-refractivity contribution >= 4 is 17.2 Å². The summed E-state index contributed by atoms with van der Waals surface area (Å²) in [4.78, 5) is 12.9. The Morgan fingerprint density at radius 3 is 3.12 bits per heavy atom. The first-order chi connectivity index (χ1) is 7.77. The van der Waals surface area contributed by atoms with Gasteiger partial charge in [0, 0.05) is 4.88 Å². The maximum Gasteiger partial charge on any atom is 0.252 e. The molecule has 1 aliphatic rings. The number of carbonyl (C=O) groups excluding carboxylic acids is 1. The van der Waals surface area contributed by atoms with Gasteiger partial charge in [0.05, 0.1) is 25.9 Å². The Balaban J connectivity index is 1.86. The second-order valence-corrected chi connectivity index (χ2v) is 4.66. The minimum Gasteiger partial charge on any atom is -0.376 e. The van der Waals surface area contributed by atoms with E-state index in [9.17, 15) is 4.79 Å². The van der Waals surface area contributed by atoms with Crippen LogP contribution in [0, 0.1) is 0 Å². The highest BCUT2D eigenvalue weighted by atomic mass is 32.1. The Hall–Kier alpha value is -0.910. The van der Waals surface area contributed by atoms with Crippen molar-refractivity contribution in [1.82, 2.24) is 5.32 Å². The largest absolute Gasteiger partial charge is 0.376 e. The molecule has 1 fully saturated rings. The van der Waals surface area contributed by atoms with Crippen LogP contribution in [0.15, 0.2) is 17.5 Å². The molecular formula is C11H15NO3S. The summed E-state index contributed by atoms with van der Waals surface area (Å²) in [6.07, 6.45) is -0.462. The molecule has 0 saturated carbocycles. The molecule has 2 rings (SSSR count). The Labute approximate surface area is 98.6 Å². The summed E-state index contributed by atoms with van der Waals surface area (Å²) >= 11 is 1.63. The zero-order chi connectivity index (χ0) is 11.4. The quantitative estimate of drug-likeness (QED) is 0.868. The van der Waals surface area contributed by atoms with Crippen molar-refractivity contribution in [2.45, 2.75) is 19.1 Å². The average Bonchev–Trinajstić information content (AvgIpc) is 2.83. The van der Waals surface area contributed by atoms with Crippen molar-refractivity contribution in [3.8, 4) is 0 Å². The molecule has 1 N–H and O–H groups in total. The Bertz CT molecular complexity index is 333. The van der Waals surface area contributed by atoms with Crippen LogP contribution in [0.4, 0.5) is 0 Å². The van der Waals surface area contributed by atoms with Gasteiger partial charge in [0.2, 0.25) is 0 Å². The Kier molecular flexibility index (Phi) is 3.93. The normalized spacial score (nSPS) is 22.7. The molecule has 1 aromatic rings. The van der Waals surface area contributed by atoms with E-state index < -0.39 is 6.10 Å². The number of thiophene rings is 1. The second-order valence-electron chi connectivity index (χ2n) is 3.68. The molecule has 0 aromatic carbocycles. The van der Waals surface area contributed by atoms with Gasteiger partial charge in [-0.3, -0.25) is 4.79 Å². The van der Waals surface area contributed by atoms with Gasteiger partial charge >= 0.3 is 0 Å². The molecule has 0 radical (unpaired) electrons. The molecule has 0 bridgehead atoms. The molecule has 1 amide bonds. The van der Waals surface area contributed by atoms with Crippen molar-refractivity contribution in [3.05, 3.63) is 22.4 Å². The molecule has 1 aromatic heterocycles. The van der Waals surface area contributed by atoms with Crippen molar-refractivity contribution < 1.29 is 14.3 Å². The third-order valence-corrected chi connectivity index (χ3v) is 3.49. The topological polar surface area (TPSA) is 47.6 Å². The molecule has 1 saturated heterocycles. The zero-order valence-corrected chi connectivity index (χ0v) is 9.96. The van der Waals surface area contributed by atoms with Gasteiger partial charge in [0.15, 0.2) is 6.10 Å². The fourth-order valence-electron chi connectivity index (χ4n) is 1.55. The third kappa shape index (κ3) is 2.81. The monoisotopic (exact) mass is 241 g/mol. The van der Waals surface area contributed by atoms with Gasteiger partial charge in [-0.25, -0.2) is 0 Å². The second kappa shape index (κ2) is 5.43. The van der Waals surface area contributed by atoms with Crippen LogP contribution in [-0.2, 0) is 14.3 Å². The van der Waals surface area contributed by atoms with Gasteiger partial charge in [0.1, 0.15) is 0 Å². The average molecular weight is 241 g/mol. The SMILES string of the molecule is C[C@@H](NC(=O)[C@@H]1COCCO1)c1cccs1. The highest BCUT2D eigenvalue weighted by Crippen LogP contribution is 2.18. The lowest BCUT2D eigenvalue weighted by Gasteiger charge is -2.23. The number of hydrogen-bond donors (Lipinski definition) is 1. The van der Waals surface area contributed by atoms with E-state index in [-0.39, 0.29) is 11.9 Å². The highest BCUT2D eigenvalue weighted by molar-refractivity contribution is 7.10. The molecule has 0 spiro atoms. The van der Waals surface area contributed by atoms with Crippen LogP contribution < -0.4 is 5.32 Å². The lowest BCUT2D eigenvalue weighted by Crippen LogP contribution is -2.43. The van der Waals surface area contributed by atoms with Gasteiger partial charge in [-0.2, -0.15) is 0 Å². The fourth-order valence-corrected chi connectivity index (χ4v) is 2.29. The maximum absolute atomic E-state index is 11.8. The van der Waals surface area contributed by atoms with Crippen molar-refractivity contribution in [1.29, 1.82) is 0 Å². The lowest BCUT2D eigenvalue weighted by molar-refractivity contribution is -0.148. The standard InChI is InChI=1S/C11H15NO3S/c1-8(10-3-2-6-16-10)12-11(13)9-7-14-4-5-15-9/h2-3,6,8-9H,4-5,7H2,1H3,(H,12,13)/t8-,9+/m1/s1. The van der Waals surface area contributed by atoms with Crippen LogP contribution in [-0.4, -0.2) is 31.8 Å². The summed E-state index contributed by atoms with van der Waals surface area (Å²) in [6, 6.07) is 4.01. The minimum atomic E-state index is -0.462. The van der Waals surface area contributed by atoms with E-state index in [1.807, 2.05) is 24.4 Å². The molecule has 0 aliphatic carbocycles. The predicted molar refractivity (Wildman–Crippen MR) is 61.4 cm³/mol. The summed E-state index contributed by atoms with van der Waals surface area (Å²) in [5.41, 5.74) is 0. The first-order valence-electron chi connectivity index (χ1n) is 5.30. The van der Waals surface area contributed by atoms with Crippen LogP contribution in [0.25, 0.3) is 0 Å². The van der Waals surface area contributed by atoms with E-state index in [1.54, 1.807) is 11.3 Å². The summed E-state index contributed by atoms with van der Waals surface area (Å²) in [7, 11) is 0. The smallest absolute Gasteiger partial charge is 0.252 e. The van der Waals surface area contributed by atoms with Gasteiger partial charge in [-0.1, -0.05) is 6.07 Å². The third-order valence-electron chi connectivity index (χ3n) is 2.44. The molecular weight excluding hydrogens is 226 g/mol. The fraction of sp³-hybridized carbons (Fsp3) is 0.545. The number of nitrogens with one attached hydrogen (secondary N) is 1. The van der Waals surface area contributed by atoms with Gasteiger partial charge < -0.3 is 14.8 Å². The van der Waals surface area contributed by atoms with Gasteiger partial charge in [0.25, 0.3) is 5.91 Å². The van der Waals surface area contributed by atoms with E-state index in [0.29, 0.717) is 19.8 Å². The van der Waals surface area contributed by atoms with E-state index in [0.717, 1.165) is 4.88 Å². The minimum absolute atomic E-state index is 0.0260. The number of hydrogen-bond acceptors (Lipinski definition) is 4. The first-order valence-corrected chi connectivity index (χ1v) is 6.18. The molecule has 4 nitrogen and oxygen atoms in total. The van der Waals surface area contributed by atoms with Crippen LogP contribution in [0.2, 0.25) is 0 Å². The highest BCUT2D eigenvalue weighted by Gasteiger charge is 2.24. The Morgan fingerprint density at radius 2 is 2.50 bits per heavy atom. The molecule has 1 aliphatic heterocycles. The molecule has 0 unspecified atom stereocenters. The van der Waals surface area contributed by atoms with E-state index in [4.69, 9.17) is 9.47 Å². The van der Waals surface area contributed by atoms with Crippen LogP contribution in [0.3, 0.4) is 0 Å². The lowest BCUT2D eigenvalue weighted by atomic mass is 10.2. The van der Waals surface area contributed by atoms with Crippen LogP contribution >= 0.6 is 11.3 Å². The predicted octanol–water partition coefficient (Wildman–Crippen LogP) is 1.34. The van der Waals surface area contributed by atoms with Crippen LogP contribution in [0.5, 0.6) is 0 Å². The summed E-state index contributed by atoms with van der Waals surface area (Å²) in [5.74, 6) is -0.0967. The summed E-state index contributed by atoms with van der Waals surface area (Å²) in [5, 5.41) is 4.92. The number of amides is 1. The van der Waals surface area contributed by atoms with Crippen molar-refractivity contribution in [3.63, 3.8) is 0 Å². The zero-order valence-electron chi connectivity index (χ0n) is 9.14. The van der Waals surface area contributed by atoms with E-state index >= 15 is 0 Å². The number of rotatable bonds is 3. The van der Waals surface area contributed by atoms with Gasteiger partial charge in [-0.15, -0.1) is 11.3 Å². The Morgan fingerprint density at radius 1 is 1.62 bits per heavy atom. The first kappa shape index (κ1) is 11.6. The molecule has 2 heterocycles.